The van der Waals surface area contributed by atoms with E-state index in [4.69, 9.17) is 10.5 Å². The molecule has 4 rings (SSSR count). The van der Waals surface area contributed by atoms with Gasteiger partial charge in [0.25, 0.3) is 5.56 Å². The van der Waals surface area contributed by atoms with Gasteiger partial charge in [0.15, 0.2) is 11.6 Å². The molecule has 4 aromatic rings. The minimum atomic E-state index is -0.822. The van der Waals surface area contributed by atoms with Gasteiger partial charge in [-0.05, 0) is 30.3 Å². The highest BCUT2D eigenvalue weighted by molar-refractivity contribution is 7.16. The van der Waals surface area contributed by atoms with Gasteiger partial charge >= 0.3 is 0 Å². The molecule has 0 aliphatic carbocycles. The lowest BCUT2D eigenvalue weighted by Gasteiger charge is -2.14. The molecule has 0 bridgehead atoms. The average Bonchev–Trinajstić information content (AvgIpc) is 3.12. The van der Waals surface area contributed by atoms with Gasteiger partial charge in [-0.1, -0.05) is 0 Å². The van der Waals surface area contributed by atoms with E-state index in [1.807, 2.05) is 0 Å². The van der Waals surface area contributed by atoms with Crippen LogP contribution in [0.15, 0.2) is 52.9 Å². The van der Waals surface area contributed by atoms with Crippen LogP contribution in [0.3, 0.4) is 0 Å². The van der Waals surface area contributed by atoms with Crippen molar-refractivity contribution in [2.75, 3.05) is 5.73 Å². The second-order valence-corrected chi connectivity index (χ2v) is 6.78. The largest absolute Gasteiger partial charge is 0.454 e. The van der Waals surface area contributed by atoms with Crippen LogP contribution in [0.2, 0.25) is 0 Å². The zero-order chi connectivity index (χ0) is 19.1. The maximum atomic E-state index is 14.0. The highest BCUT2D eigenvalue weighted by Crippen LogP contribution is 2.38. The second kappa shape index (κ2) is 6.48. The number of rotatable bonds is 3. The molecule has 0 saturated carbocycles. The van der Waals surface area contributed by atoms with Crippen molar-refractivity contribution in [1.82, 2.24) is 9.55 Å². The van der Waals surface area contributed by atoms with Gasteiger partial charge in [0, 0.05) is 36.1 Å². The number of nitrogens with two attached hydrogens (primary N) is 1. The summed E-state index contributed by atoms with van der Waals surface area (Å²) in [6.07, 6.45) is 1.63. The summed E-state index contributed by atoms with van der Waals surface area (Å²) in [6.45, 7) is 0. The number of nitrogens with zero attached hydrogens (tertiary/aromatic N) is 2. The molecule has 0 amide bonds. The Hall–Kier alpha value is -3.26. The van der Waals surface area contributed by atoms with Gasteiger partial charge in [-0.25, -0.2) is 13.8 Å². The standard InChI is InChI=1S/C19H13F2N3O2S/c1-24-8-13(17-18(19(24)25)27-9-23-17)12-7-11(22)3-5-15(12)26-16-4-2-10(20)6-14(16)21/h2-9H,22H2,1H3. The van der Waals surface area contributed by atoms with E-state index < -0.39 is 11.6 Å². The number of benzene rings is 2. The Labute approximate surface area is 156 Å². The van der Waals surface area contributed by atoms with Crippen molar-refractivity contribution < 1.29 is 13.5 Å². The molecule has 0 saturated heterocycles. The number of anilines is 1. The predicted molar refractivity (Wildman–Crippen MR) is 101 cm³/mol. The number of nitrogen functional groups attached to an aromatic ring is 1. The fourth-order valence-electron chi connectivity index (χ4n) is 2.78. The monoisotopic (exact) mass is 385 g/mol. The maximum absolute atomic E-state index is 14.0. The van der Waals surface area contributed by atoms with Crippen molar-refractivity contribution >= 4 is 27.2 Å². The number of hydrogen-bond acceptors (Lipinski definition) is 5. The van der Waals surface area contributed by atoms with E-state index in [-0.39, 0.29) is 11.3 Å². The molecule has 0 aliphatic heterocycles. The summed E-state index contributed by atoms with van der Waals surface area (Å²) in [5, 5.41) is 0. The van der Waals surface area contributed by atoms with E-state index >= 15 is 0 Å². The second-order valence-electron chi connectivity index (χ2n) is 5.92. The minimum absolute atomic E-state index is 0.123. The molecule has 2 aromatic heterocycles. The maximum Gasteiger partial charge on any atom is 0.269 e. The molecule has 136 valence electrons. The van der Waals surface area contributed by atoms with E-state index in [1.54, 1.807) is 37.0 Å². The van der Waals surface area contributed by atoms with Crippen molar-refractivity contribution in [3.05, 3.63) is 70.1 Å². The molecule has 27 heavy (non-hydrogen) atoms. The van der Waals surface area contributed by atoms with E-state index in [0.29, 0.717) is 32.8 Å². The third-order valence-corrected chi connectivity index (χ3v) is 4.88. The molecule has 8 heteroatoms. The van der Waals surface area contributed by atoms with Gasteiger partial charge < -0.3 is 15.0 Å². The minimum Gasteiger partial charge on any atom is -0.454 e. The van der Waals surface area contributed by atoms with Gasteiger partial charge in [-0.2, -0.15) is 0 Å². The number of aryl methyl sites for hydroxylation is 1. The highest BCUT2D eigenvalue weighted by atomic mass is 32.1. The third-order valence-electron chi connectivity index (χ3n) is 4.07. The summed E-state index contributed by atoms with van der Waals surface area (Å²) >= 11 is 1.24. The van der Waals surface area contributed by atoms with Crippen molar-refractivity contribution in [1.29, 1.82) is 0 Å². The summed E-state index contributed by atoms with van der Waals surface area (Å²) in [5.74, 6) is -1.33. The normalized spacial score (nSPS) is 11.1. The van der Waals surface area contributed by atoms with E-state index in [2.05, 4.69) is 4.98 Å². The molecule has 0 radical (unpaired) electrons. The smallest absolute Gasteiger partial charge is 0.269 e. The average molecular weight is 385 g/mol. The van der Waals surface area contributed by atoms with Crippen LogP contribution in [0.5, 0.6) is 11.5 Å². The van der Waals surface area contributed by atoms with Crippen molar-refractivity contribution in [3.8, 4) is 22.6 Å². The third kappa shape index (κ3) is 3.04. The molecule has 0 atom stereocenters. The lowest BCUT2D eigenvalue weighted by atomic mass is 10.0. The molecule has 5 nitrogen and oxygen atoms in total. The SMILES string of the molecule is Cn1cc(-c2cc(N)ccc2Oc2ccc(F)cc2F)c2ncsc2c1=O. The van der Waals surface area contributed by atoms with Crippen LogP contribution in [0, 0.1) is 11.6 Å². The Kier molecular flexibility index (Phi) is 4.12. The van der Waals surface area contributed by atoms with Crippen molar-refractivity contribution in [2.24, 2.45) is 7.05 Å². The molecule has 0 fully saturated rings. The topological polar surface area (TPSA) is 70.1 Å². The van der Waals surface area contributed by atoms with Crippen molar-refractivity contribution in [3.63, 3.8) is 0 Å². The van der Waals surface area contributed by atoms with Crippen LogP contribution in [0.25, 0.3) is 21.3 Å². The molecule has 0 unspecified atom stereocenters. The zero-order valence-corrected chi connectivity index (χ0v) is 14.9. The molecular weight excluding hydrogens is 372 g/mol. The van der Waals surface area contributed by atoms with Crippen molar-refractivity contribution in [2.45, 2.75) is 0 Å². The number of halogens is 2. The number of thiazole rings is 1. The Morgan fingerprint density at radius 2 is 1.89 bits per heavy atom. The van der Waals surface area contributed by atoms with E-state index in [0.717, 1.165) is 12.1 Å². The molecule has 2 aromatic carbocycles. The number of fused-ring (bicyclic) bond motifs is 1. The van der Waals surface area contributed by atoms with Crippen LogP contribution < -0.4 is 16.0 Å². The molecule has 0 aliphatic rings. The lowest BCUT2D eigenvalue weighted by molar-refractivity contribution is 0.439. The summed E-state index contributed by atoms with van der Waals surface area (Å²) in [5.41, 5.74) is 9.50. The van der Waals surface area contributed by atoms with Gasteiger partial charge in [-0.3, -0.25) is 4.79 Å². The summed E-state index contributed by atoms with van der Waals surface area (Å²) < 4.78 is 34.8. The number of aromatic nitrogens is 2. The van der Waals surface area contributed by atoms with Gasteiger partial charge in [-0.15, -0.1) is 11.3 Å². The molecule has 2 heterocycles. The highest BCUT2D eigenvalue weighted by Gasteiger charge is 2.17. The molecule has 0 spiro atoms. The number of hydrogen-bond donors (Lipinski definition) is 1. The van der Waals surface area contributed by atoms with Crippen LogP contribution in [0.4, 0.5) is 14.5 Å². The Bertz CT molecular complexity index is 1230. The lowest BCUT2D eigenvalue weighted by Crippen LogP contribution is -2.15. The van der Waals surface area contributed by atoms with E-state index in [1.165, 1.54) is 22.0 Å². The summed E-state index contributed by atoms with van der Waals surface area (Å²) in [7, 11) is 1.64. The Morgan fingerprint density at radius 3 is 2.67 bits per heavy atom. The first-order chi connectivity index (χ1) is 12.9. The zero-order valence-electron chi connectivity index (χ0n) is 14.1. The first-order valence-electron chi connectivity index (χ1n) is 7.89. The first-order valence-corrected chi connectivity index (χ1v) is 8.77. The number of ether oxygens (including phenoxy) is 1. The fourth-order valence-corrected chi connectivity index (χ4v) is 3.57. The van der Waals surface area contributed by atoms with Crippen LogP contribution in [-0.2, 0) is 7.05 Å². The van der Waals surface area contributed by atoms with Gasteiger partial charge in [0.2, 0.25) is 0 Å². The summed E-state index contributed by atoms with van der Waals surface area (Å²) in [6, 6.07) is 7.94. The predicted octanol–water partition coefficient (Wildman–Crippen LogP) is 4.31. The Morgan fingerprint density at radius 1 is 1.11 bits per heavy atom. The van der Waals surface area contributed by atoms with Gasteiger partial charge in [0.05, 0.1) is 11.0 Å². The number of pyridine rings is 1. The molecular formula is C19H13F2N3O2S. The fraction of sp³-hybridized carbons (Fsp3) is 0.0526. The Balaban J connectivity index is 1.92. The van der Waals surface area contributed by atoms with Crippen LogP contribution >= 0.6 is 11.3 Å². The first kappa shape index (κ1) is 17.2. The summed E-state index contributed by atoms with van der Waals surface area (Å²) in [4.78, 5) is 16.6. The van der Waals surface area contributed by atoms with E-state index in [9.17, 15) is 13.6 Å². The quantitative estimate of drug-likeness (QED) is 0.534. The van der Waals surface area contributed by atoms with Crippen LogP contribution in [-0.4, -0.2) is 9.55 Å². The van der Waals surface area contributed by atoms with Gasteiger partial charge in [0.1, 0.15) is 16.3 Å². The molecule has 2 N–H and O–H groups in total. The van der Waals surface area contributed by atoms with Crippen LogP contribution in [0.1, 0.15) is 0 Å².